The molecular weight excluding hydrogens is 314 g/mol. The molecular formula is C16H11N3O5. The first-order valence-electron chi connectivity index (χ1n) is 6.94. The topological polar surface area (TPSA) is 115 Å². The monoisotopic (exact) mass is 325 g/mol. The molecule has 0 unspecified atom stereocenters. The average molecular weight is 325 g/mol. The number of nitrogens with zero attached hydrogens (tertiary/aromatic N) is 3. The molecule has 0 aliphatic rings. The maximum atomic E-state index is 12.8. The van der Waals surface area contributed by atoms with Gasteiger partial charge < -0.3 is 9.90 Å². The Morgan fingerprint density at radius 3 is 2.71 bits per heavy atom. The van der Waals surface area contributed by atoms with Gasteiger partial charge in [-0.25, -0.2) is 4.98 Å². The molecule has 0 bridgehead atoms. The van der Waals surface area contributed by atoms with Crippen molar-refractivity contribution in [3.63, 3.8) is 0 Å². The van der Waals surface area contributed by atoms with E-state index in [2.05, 4.69) is 4.98 Å². The number of aromatic hydroxyl groups is 1. The van der Waals surface area contributed by atoms with Crippen molar-refractivity contribution in [1.82, 2.24) is 9.55 Å². The molecule has 0 saturated carbocycles. The smallest absolute Gasteiger partial charge is 0.270 e. The summed E-state index contributed by atoms with van der Waals surface area (Å²) in [7, 11) is 0. The first-order valence-corrected chi connectivity index (χ1v) is 6.94. The van der Waals surface area contributed by atoms with Crippen molar-refractivity contribution in [2.75, 3.05) is 0 Å². The fourth-order valence-electron chi connectivity index (χ4n) is 2.44. The maximum absolute atomic E-state index is 12.8. The Morgan fingerprint density at radius 1 is 1.25 bits per heavy atom. The van der Waals surface area contributed by atoms with Gasteiger partial charge in [-0.2, -0.15) is 0 Å². The molecule has 3 aromatic rings. The molecule has 1 heterocycles. The lowest BCUT2D eigenvalue weighted by Crippen LogP contribution is -2.24. The molecule has 8 nitrogen and oxygen atoms in total. The lowest BCUT2D eigenvalue weighted by Gasteiger charge is -2.12. The maximum Gasteiger partial charge on any atom is 0.270 e. The quantitative estimate of drug-likeness (QED) is 0.444. The number of aromatic nitrogens is 2. The van der Waals surface area contributed by atoms with Crippen LogP contribution in [0.5, 0.6) is 5.75 Å². The minimum atomic E-state index is -0.600. The molecule has 0 spiro atoms. The molecule has 0 saturated heterocycles. The van der Waals surface area contributed by atoms with E-state index in [0.717, 1.165) is 6.07 Å². The molecule has 1 aromatic heterocycles. The molecule has 0 aliphatic heterocycles. The Kier molecular flexibility index (Phi) is 3.78. The summed E-state index contributed by atoms with van der Waals surface area (Å²) in [6.45, 7) is 0. The van der Waals surface area contributed by atoms with Crippen molar-refractivity contribution >= 4 is 22.9 Å². The summed E-state index contributed by atoms with van der Waals surface area (Å²) in [6.07, 6.45) is 0.496. The third kappa shape index (κ3) is 2.60. The highest BCUT2D eigenvalue weighted by atomic mass is 16.6. The lowest BCUT2D eigenvalue weighted by atomic mass is 10.2. The number of carbonyl (C=O) groups excluding carboxylic acids is 1. The van der Waals surface area contributed by atoms with Gasteiger partial charge in [0.1, 0.15) is 17.9 Å². The number of fused-ring (bicyclic) bond motifs is 1. The Hall–Kier alpha value is -3.55. The second-order valence-electron chi connectivity index (χ2n) is 5.02. The standard InChI is InChI=1S/C16H11N3O5/c20-7-6-15-17-14-5-4-11(19(23)24)9-13(14)16(22)18(15)10-2-1-3-12(21)8-10/h1-5,7-9,21H,6H2. The van der Waals surface area contributed by atoms with E-state index >= 15 is 0 Å². The molecule has 1 N–H and O–H groups in total. The van der Waals surface area contributed by atoms with Crippen LogP contribution in [0.2, 0.25) is 0 Å². The van der Waals surface area contributed by atoms with Crippen molar-refractivity contribution in [2.45, 2.75) is 6.42 Å². The van der Waals surface area contributed by atoms with Gasteiger partial charge >= 0.3 is 0 Å². The number of carbonyl (C=O) groups is 1. The predicted molar refractivity (Wildman–Crippen MR) is 85.4 cm³/mol. The molecule has 0 radical (unpaired) electrons. The van der Waals surface area contributed by atoms with E-state index in [-0.39, 0.29) is 34.6 Å². The van der Waals surface area contributed by atoms with Gasteiger partial charge in [0, 0.05) is 18.2 Å². The van der Waals surface area contributed by atoms with Crippen molar-refractivity contribution in [3.05, 3.63) is 68.8 Å². The van der Waals surface area contributed by atoms with E-state index < -0.39 is 10.5 Å². The molecule has 0 aliphatic carbocycles. The number of hydrogen-bond acceptors (Lipinski definition) is 6. The Labute approximate surface area is 134 Å². The van der Waals surface area contributed by atoms with Crippen LogP contribution in [0.1, 0.15) is 5.82 Å². The number of aldehydes is 1. The van der Waals surface area contributed by atoms with E-state index in [1.165, 1.54) is 28.8 Å². The van der Waals surface area contributed by atoms with E-state index in [0.29, 0.717) is 12.0 Å². The minimum Gasteiger partial charge on any atom is -0.508 e. The largest absolute Gasteiger partial charge is 0.508 e. The summed E-state index contributed by atoms with van der Waals surface area (Å²) in [5.74, 6) is 0.123. The van der Waals surface area contributed by atoms with Crippen LogP contribution in [0, 0.1) is 10.1 Å². The summed E-state index contributed by atoms with van der Waals surface area (Å²) in [5.41, 5.74) is -0.199. The first-order chi connectivity index (χ1) is 11.5. The predicted octanol–water partition coefficient (Wildman–Crippen LogP) is 1.74. The Bertz CT molecular complexity index is 1030. The van der Waals surface area contributed by atoms with E-state index in [1.807, 2.05) is 0 Å². The van der Waals surface area contributed by atoms with Gasteiger partial charge in [-0.1, -0.05) is 6.07 Å². The van der Waals surface area contributed by atoms with Crippen LogP contribution in [-0.2, 0) is 11.2 Å². The fraction of sp³-hybridized carbons (Fsp3) is 0.0625. The van der Waals surface area contributed by atoms with Crippen molar-refractivity contribution < 1.29 is 14.8 Å². The number of hydrogen-bond donors (Lipinski definition) is 1. The molecule has 0 amide bonds. The van der Waals surface area contributed by atoms with Crippen molar-refractivity contribution in [1.29, 1.82) is 0 Å². The van der Waals surface area contributed by atoms with Gasteiger partial charge in [0.2, 0.25) is 0 Å². The summed E-state index contributed by atoms with van der Waals surface area (Å²) >= 11 is 0. The third-order valence-electron chi connectivity index (χ3n) is 3.49. The van der Waals surface area contributed by atoms with E-state index in [4.69, 9.17) is 0 Å². The number of phenols is 1. The summed E-state index contributed by atoms with van der Waals surface area (Å²) in [6, 6.07) is 9.66. The van der Waals surface area contributed by atoms with Crippen molar-refractivity contribution in [2.24, 2.45) is 0 Å². The van der Waals surface area contributed by atoms with Gasteiger partial charge in [0.25, 0.3) is 11.2 Å². The fourth-order valence-corrected chi connectivity index (χ4v) is 2.44. The number of phenolic OH excluding ortho intramolecular Hbond substituents is 1. The highest BCUT2D eigenvalue weighted by Gasteiger charge is 2.16. The highest BCUT2D eigenvalue weighted by molar-refractivity contribution is 5.81. The lowest BCUT2D eigenvalue weighted by molar-refractivity contribution is -0.384. The Balaban J connectivity index is 2.38. The van der Waals surface area contributed by atoms with Crippen LogP contribution in [0.3, 0.4) is 0 Å². The van der Waals surface area contributed by atoms with E-state index in [1.54, 1.807) is 12.1 Å². The summed E-state index contributed by atoms with van der Waals surface area (Å²) in [4.78, 5) is 38.3. The number of benzene rings is 2. The number of non-ortho nitro benzene ring substituents is 1. The molecule has 3 rings (SSSR count). The highest BCUT2D eigenvalue weighted by Crippen LogP contribution is 2.20. The molecule has 8 heteroatoms. The van der Waals surface area contributed by atoms with Crippen LogP contribution >= 0.6 is 0 Å². The van der Waals surface area contributed by atoms with Gasteiger partial charge in [0.05, 0.1) is 27.9 Å². The number of rotatable bonds is 4. The number of nitro benzene ring substituents is 1. The number of nitro groups is 1. The normalized spacial score (nSPS) is 10.7. The van der Waals surface area contributed by atoms with Crippen LogP contribution < -0.4 is 5.56 Å². The van der Waals surface area contributed by atoms with Crippen LogP contribution in [0.15, 0.2) is 47.3 Å². The summed E-state index contributed by atoms with van der Waals surface area (Å²) < 4.78 is 1.17. The molecule has 120 valence electrons. The van der Waals surface area contributed by atoms with Gasteiger partial charge in [-0.05, 0) is 18.2 Å². The second kappa shape index (κ2) is 5.92. The van der Waals surface area contributed by atoms with Crippen LogP contribution in [-0.4, -0.2) is 25.9 Å². The third-order valence-corrected chi connectivity index (χ3v) is 3.49. The zero-order valence-corrected chi connectivity index (χ0v) is 12.2. The summed E-state index contributed by atoms with van der Waals surface area (Å²) in [5, 5.41) is 20.6. The second-order valence-corrected chi connectivity index (χ2v) is 5.02. The molecule has 24 heavy (non-hydrogen) atoms. The Morgan fingerprint density at radius 2 is 2.04 bits per heavy atom. The molecule has 0 fully saturated rings. The van der Waals surface area contributed by atoms with Crippen molar-refractivity contribution in [3.8, 4) is 11.4 Å². The molecule has 2 aromatic carbocycles. The zero-order chi connectivity index (χ0) is 17.3. The van der Waals surface area contributed by atoms with Gasteiger partial charge in [0.15, 0.2) is 0 Å². The van der Waals surface area contributed by atoms with Crippen LogP contribution in [0.4, 0.5) is 5.69 Å². The minimum absolute atomic E-state index is 0.0576. The SMILES string of the molecule is O=CCc1nc2ccc([N+](=O)[O-])cc2c(=O)n1-c1cccc(O)c1. The van der Waals surface area contributed by atoms with Gasteiger partial charge in [-0.15, -0.1) is 0 Å². The van der Waals surface area contributed by atoms with Crippen LogP contribution in [0.25, 0.3) is 16.6 Å². The first kappa shape index (κ1) is 15.3. The molecule has 0 atom stereocenters. The average Bonchev–Trinajstić information content (AvgIpc) is 2.55. The van der Waals surface area contributed by atoms with Gasteiger partial charge in [-0.3, -0.25) is 19.5 Å². The van der Waals surface area contributed by atoms with E-state index in [9.17, 15) is 24.8 Å². The zero-order valence-electron chi connectivity index (χ0n) is 12.2.